The molecule has 4 aromatic rings. The molecule has 0 saturated heterocycles. The summed E-state index contributed by atoms with van der Waals surface area (Å²) in [5.41, 5.74) is -0.432. The Hall–Kier alpha value is -4.17. The zero-order valence-electron chi connectivity index (χ0n) is 24.2. The third-order valence-electron chi connectivity index (χ3n) is 8.98. The standard InChI is InChI=1S/C31H29F4N7O2S/c1-40-18-25(17-38-40)45(2,44)42(23-6-7-23)24-5-3-20-12-27-19(15-39-41(27)28-8-4-22(32)16-37-28)13-30(20,14-24)29(43)26-11-21(9-10-36-26)31(33,34)35/h4,8-12,15-18,23-24H,2-3,5-7,13-14H2,1H3/t24-,30-,45?/m0/s1. The van der Waals surface area contributed by atoms with Crippen molar-refractivity contribution in [2.45, 2.75) is 61.7 Å². The lowest BCUT2D eigenvalue weighted by Gasteiger charge is -2.47. The molecule has 0 radical (unpaired) electrons. The van der Waals surface area contributed by atoms with Crippen LogP contribution in [0.1, 0.15) is 59.4 Å². The van der Waals surface area contributed by atoms with Gasteiger partial charge in [0.2, 0.25) is 0 Å². The van der Waals surface area contributed by atoms with E-state index in [1.165, 1.54) is 18.3 Å². The number of hydrogen-bond acceptors (Lipinski definition) is 6. The van der Waals surface area contributed by atoms with Crippen LogP contribution in [0.15, 0.2) is 65.7 Å². The van der Waals surface area contributed by atoms with Crippen molar-refractivity contribution in [3.8, 4) is 5.82 Å². The Morgan fingerprint density at radius 3 is 2.56 bits per heavy atom. The molecule has 3 aliphatic carbocycles. The largest absolute Gasteiger partial charge is 0.416 e. The molecule has 0 N–H and O–H groups in total. The smallest absolute Gasteiger partial charge is 0.291 e. The predicted molar refractivity (Wildman–Crippen MR) is 158 cm³/mol. The number of carbonyl (C=O) groups is 1. The Morgan fingerprint density at radius 2 is 1.89 bits per heavy atom. The molecule has 14 heteroatoms. The third-order valence-corrected chi connectivity index (χ3v) is 11.2. The molecular formula is C31H29F4N7O2S. The molecule has 3 atom stereocenters. The summed E-state index contributed by atoms with van der Waals surface area (Å²) >= 11 is 0. The fraction of sp³-hybridized carbons (Fsp3) is 0.355. The van der Waals surface area contributed by atoms with Gasteiger partial charge in [0.25, 0.3) is 0 Å². The van der Waals surface area contributed by atoms with E-state index in [1.54, 1.807) is 28.8 Å². The molecule has 2 saturated carbocycles. The van der Waals surface area contributed by atoms with E-state index in [2.05, 4.69) is 26.0 Å². The number of rotatable bonds is 7. The van der Waals surface area contributed by atoms with Gasteiger partial charge in [0.15, 0.2) is 11.6 Å². The SMILES string of the molecule is C=S(=O)(c1cnn(C)c1)N(C1CC1)[C@H]1CCC2=Cc3c(cnn3-c3ccc(F)cn3)C[C@]2(C(=O)c2cc(C(F)(F)F)ccn2)C1. The zero-order chi connectivity index (χ0) is 31.7. The second-order valence-electron chi connectivity index (χ2n) is 12.0. The van der Waals surface area contributed by atoms with Crippen LogP contribution in [-0.4, -0.2) is 61.8 Å². The van der Waals surface area contributed by atoms with E-state index in [-0.39, 0.29) is 30.6 Å². The number of aromatic nitrogens is 6. The van der Waals surface area contributed by atoms with Gasteiger partial charge < -0.3 is 0 Å². The molecule has 2 fully saturated rings. The quantitative estimate of drug-likeness (QED) is 0.159. The average Bonchev–Trinajstić information content (AvgIpc) is 3.59. The van der Waals surface area contributed by atoms with Crippen molar-refractivity contribution in [1.82, 2.24) is 33.8 Å². The molecule has 9 nitrogen and oxygen atoms in total. The van der Waals surface area contributed by atoms with Gasteiger partial charge in [-0.15, -0.1) is 0 Å². The molecule has 0 bridgehead atoms. The number of aryl methyl sites for hydroxylation is 1. The van der Waals surface area contributed by atoms with E-state index in [1.807, 2.05) is 10.4 Å². The van der Waals surface area contributed by atoms with Gasteiger partial charge in [-0.1, -0.05) is 5.57 Å². The summed E-state index contributed by atoms with van der Waals surface area (Å²) in [4.78, 5) is 23.3. The van der Waals surface area contributed by atoms with Gasteiger partial charge in [-0.25, -0.2) is 22.6 Å². The highest BCUT2D eigenvalue weighted by atomic mass is 32.2. The van der Waals surface area contributed by atoms with Crippen LogP contribution < -0.4 is 0 Å². The highest BCUT2D eigenvalue weighted by Crippen LogP contribution is 2.52. The maximum Gasteiger partial charge on any atom is 0.416 e. The topological polar surface area (TPSA) is 98.8 Å². The number of ketones is 1. The second-order valence-corrected chi connectivity index (χ2v) is 14.1. The highest BCUT2D eigenvalue weighted by Gasteiger charge is 2.53. The van der Waals surface area contributed by atoms with Crippen LogP contribution in [0.4, 0.5) is 17.6 Å². The van der Waals surface area contributed by atoms with Crippen LogP contribution in [0, 0.1) is 11.2 Å². The van der Waals surface area contributed by atoms with E-state index in [0.29, 0.717) is 34.8 Å². The lowest BCUT2D eigenvalue weighted by Crippen LogP contribution is -2.51. The molecule has 4 aromatic heterocycles. The third kappa shape index (κ3) is 5.09. The number of nitrogens with zero attached hydrogens (tertiary/aromatic N) is 7. The van der Waals surface area contributed by atoms with Gasteiger partial charge in [-0.3, -0.25) is 14.5 Å². The summed E-state index contributed by atoms with van der Waals surface area (Å²) < 4.78 is 74.2. The Balaban J connectivity index is 1.33. The molecule has 7 rings (SSSR count). The number of fused-ring (bicyclic) bond motifs is 2. The molecule has 0 spiro atoms. The minimum atomic E-state index is -4.65. The van der Waals surface area contributed by atoms with Crippen molar-refractivity contribution in [3.63, 3.8) is 0 Å². The minimum Gasteiger partial charge on any atom is -0.291 e. The molecule has 0 aliphatic heterocycles. The highest BCUT2D eigenvalue weighted by molar-refractivity contribution is 7.98. The first-order valence-corrected chi connectivity index (χ1v) is 16.2. The Kier molecular flexibility index (Phi) is 6.85. The van der Waals surface area contributed by atoms with Crippen LogP contribution in [0.5, 0.6) is 0 Å². The van der Waals surface area contributed by atoms with E-state index in [0.717, 1.165) is 42.9 Å². The van der Waals surface area contributed by atoms with E-state index in [4.69, 9.17) is 0 Å². The van der Waals surface area contributed by atoms with Crippen molar-refractivity contribution >= 4 is 27.4 Å². The molecular weight excluding hydrogens is 610 g/mol. The maximum atomic E-state index is 14.6. The van der Waals surface area contributed by atoms with Crippen LogP contribution in [-0.2, 0) is 29.4 Å². The molecule has 0 amide bonds. The summed E-state index contributed by atoms with van der Waals surface area (Å²) in [5.74, 6) is 3.51. The Morgan fingerprint density at radius 1 is 1.09 bits per heavy atom. The van der Waals surface area contributed by atoms with Gasteiger partial charge in [0.1, 0.15) is 11.5 Å². The summed E-state index contributed by atoms with van der Waals surface area (Å²) in [6.07, 6.45) is 7.08. The first-order valence-electron chi connectivity index (χ1n) is 14.5. The van der Waals surface area contributed by atoms with Crippen LogP contribution >= 0.6 is 0 Å². The van der Waals surface area contributed by atoms with Crippen molar-refractivity contribution < 1.29 is 26.6 Å². The lowest BCUT2D eigenvalue weighted by molar-refractivity contribution is -0.137. The number of carbonyl (C=O) groups excluding carboxylic acids is 1. The summed E-state index contributed by atoms with van der Waals surface area (Å²) in [6, 6.07) is 4.05. The van der Waals surface area contributed by atoms with Crippen molar-refractivity contribution in [2.24, 2.45) is 12.5 Å². The predicted octanol–water partition coefficient (Wildman–Crippen LogP) is 5.07. The maximum absolute atomic E-state index is 14.6. The second kappa shape index (κ2) is 10.4. The summed E-state index contributed by atoms with van der Waals surface area (Å²) in [6.45, 7) is 0. The van der Waals surface area contributed by atoms with Gasteiger partial charge in [-0.2, -0.15) is 23.4 Å². The Bertz CT molecular complexity index is 1940. The summed E-state index contributed by atoms with van der Waals surface area (Å²) in [5, 5.41) is 8.67. The number of halogens is 4. The van der Waals surface area contributed by atoms with Crippen molar-refractivity contribution in [2.75, 3.05) is 0 Å². The van der Waals surface area contributed by atoms with Crippen LogP contribution in [0.25, 0.3) is 11.9 Å². The fourth-order valence-corrected chi connectivity index (χ4v) is 8.87. The number of pyridine rings is 2. The van der Waals surface area contributed by atoms with Crippen LogP contribution in [0.2, 0.25) is 0 Å². The first-order chi connectivity index (χ1) is 21.4. The Labute approximate surface area is 256 Å². The van der Waals surface area contributed by atoms with Gasteiger partial charge in [-0.05, 0) is 80.3 Å². The van der Waals surface area contributed by atoms with Crippen molar-refractivity contribution in [3.05, 3.63) is 89.2 Å². The average molecular weight is 640 g/mol. The molecule has 0 aromatic carbocycles. The molecule has 3 aliphatic rings. The minimum absolute atomic E-state index is 0.00368. The molecule has 45 heavy (non-hydrogen) atoms. The lowest BCUT2D eigenvalue weighted by atomic mass is 9.60. The number of hydrogen-bond donors (Lipinski definition) is 0. The van der Waals surface area contributed by atoms with Gasteiger partial charge in [0, 0.05) is 31.5 Å². The van der Waals surface area contributed by atoms with Crippen LogP contribution in [0.3, 0.4) is 0 Å². The van der Waals surface area contributed by atoms with E-state index >= 15 is 0 Å². The zero-order valence-corrected chi connectivity index (χ0v) is 25.1. The van der Waals surface area contributed by atoms with Gasteiger partial charge in [0.05, 0.1) is 49.9 Å². The number of Topliss-reactive ketones (excluding diaryl/α,β-unsaturated/α-hetero) is 1. The van der Waals surface area contributed by atoms with E-state index in [9.17, 15) is 26.6 Å². The normalized spacial score (nSPS) is 22.8. The monoisotopic (exact) mass is 639 g/mol. The van der Waals surface area contributed by atoms with Crippen molar-refractivity contribution in [1.29, 1.82) is 0 Å². The fourth-order valence-electron chi connectivity index (χ4n) is 6.75. The number of allylic oxidation sites excluding steroid dienone is 1. The first kappa shape index (κ1) is 29.5. The molecule has 4 heterocycles. The van der Waals surface area contributed by atoms with Gasteiger partial charge >= 0.3 is 6.18 Å². The number of alkyl halides is 3. The summed E-state index contributed by atoms with van der Waals surface area (Å²) in [7, 11) is -1.26. The molecule has 234 valence electrons. The van der Waals surface area contributed by atoms with E-state index < -0.39 is 38.5 Å². The molecule has 1 unspecified atom stereocenters.